The van der Waals surface area contributed by atoms with E-state index in [1.807, 2.05) is 12.1 Å². The third kappa shape index (κ3) is 13.2. The van der Waals surface area contributed by atoms with Gasteiger partial charge < -0.3 is 23.7 Å². The Kier molecular flexibility index (Phi) is 14.3. The van der Waals surface area contributed by atoms with Crippen molar-refractivity contribution in [3.63, 3.8) is 0 Å². The van der Waals surface area contributed by atoms with Gasteiger partial charge in [-0.3, -0.25) is 18.2 Å². The fourth-order valence-corrected chi connectivity index (χ4v) is 4.59. The van der Waals surface area contributed by atoms with E-state index in [9.17, 15) is 18.9 Å². The molecule has 0 bridgehead atoms. The molecule has 0 saturated heterocycles. The van der Waals surface area contributed by atoms with Gasteiger partial charge in [0.25, 0.3) is 0 Å². The normalized spacial score (nSPS) is 10.9. The number of benzene rings is 2. The van der Waals surface area contributed by atoms with Crippen LogP contribution in [0.3, 0.4) is 0 Å². The number of terminal acetylenes is 1. The van der Waals surface area contributed by atoms with Crippen molar-refractivity contribution in [2.24, 2.45) is 0 Å². The third-order valence-electron chi connectivity index (χ3n) is 5.13. The molecule has 0 spiro atoms. The van der Waals surface area contributed by atoms with Gasteiger partial charge in [-0.05, 0) is 17.2 Å². The first-order valence-corrected chi connectivity index (χ1v) is 15.3. The van der Waals surface area contributed by atoms with Crippen LogP contribution in [0.1, 0.15) is 11.1 Å². The molecular formula is C28H29N2O11PS. The molecule has 0 aliphatic carbocycles. The quantitative estimate of drug-likeness (QED) is 0.0382. The Morgan fingerprint density at radius 2 is 1.42 bits per heavy atom. The summed E-state index contributed by atoms with van der Waals surface area (Å²) in [6.07, 6.45) is 3.96. The molecule has 2 aromatic carbocycles. The summed E-state index contributed by atoms with van der Waals surface area (Å²) in [6, 6.07) is 19.4. The SMILES string of the molecule is C#CCSc1ccn(CCOCP(=O)(OCOC(=O)OCc2ccccc2)OCOC(=O)OCc2ccccc2)c(=O)n1. The van der Waals surface area contributed by atoms with Gasteiger partial charge >= 0.3 is 25.6 Å². The number of ether oxygens (including phenoxy) is 5. The average Bonchev–Trinajstić information content (AvgIpc) is 3.02. The van der Waals surface area contributed by atoms with Crippen LogP contribution in [0.15, 0.2) is 82.7 Å². The van der Waals surface area contributed by atoms with E-state index in [1.54, 1.807) is 54.6 Å². The number of hydrogen-bond donors (Lipinski definition) is 0. The zero-order chi connectivity index (χ0) is 30.8. The van der Waals surface area contributed by atoms with Crippen molar-refractivity contribution in [3.8, 4) is 12.3 Å². The molecule has 3 rings (SSSR count). The van der Waals surface area contributed by atoms with E-state index in [-0.39, 0.29) is 26.4 Å². The van der Waals surface area contributed by atoms with Crippen molar-refractivity contribution in [1.82, 2.24) is 9.55 Å². The smallest absolute Gasteiger partial charge is 0.429 e. The van der Waals surface area contributed by atoms with E-state index < -0.39 is 45.5 Å². The number of rotatable bonds is 17. The summed E-state index contributed by atoms with van der Waals surface area (Å²) in [5, 5.41) is 0.482. The molecule has 0 atom stereocenters. The molecule has 1 aromatic heterocycles. The molecule has 15 heteroatoms. The molecule has 43 heavy (non-hydrogen) atoms. The average molecular weight is 633 g/mol. The highest BCUT2D eigenvalue weighted by molar-refractivity contribution is 7.99. The second-order valence-corrected chi connectivity index (χ2v) is 11.2. The van der Waals surface area contributed by atoms with E-state index in [4.69, 9.17) is 39.2 Å². The van der Waals surface area contributed by atoms with Crippen molar-refractivity contribution in [1.29, 1.82) is 0 Å². The van der Waals surface area contributed by atoms with Gasteiger partial charge in [0.2, 0.25) is 13.6 Å². The number of carbonyl (C=O) groups excluding carboxylic acids is 2. The minimum Gasteiger partial charge on any atom is -0.429 e. The predicted molar refractivity (Wildman–Crippen MR) is 154 cm³/mol. The molecule has 0 radical (unpaired) electrons. The van der Waals surface area contributed by atoms with Crippen molar-refractivity contribution < 1.29 is 46.9 Å². The predicted octanol–water partition coefficient (Wildman–Crippen LogP) is 4.79. The van der Waals surface area contributed by atoms with Gasteiger partial charge in [0, 0.05) is 6.20 Å². The molecular weight excluding hydrogens is 603 g/mol. The fraction of sp³-hybridized carbons (Fsp3) is 0.286. The summed E-state index contributed by atoms with van der Waals surface area (Å²) in [5.74, 6) is 2.82. The van der Waals surface area contributed by atoms with Crippen LogP contribution in [0.25, 0.3) is 0 Å². The maximum Gasteiger partial charge on any atom is 0.510 e. The zero-order valence-electron chi connectivity index (χ0n) is 22.9. The molecule has 0 saturated carbocycles. The molecule has 0 fully saturated rings. The van der Waals surface area contributed by atoms with Gasteiger partial charge in [-0.15, -0.1) is 6.42 Å². The third-order valence-corrected chi connectivity index (χ3v) is 7.46. The monoisotopic (exact) mass is 632 g/mol. The Morgan fingerprint density at radius 3 is 1.93 bits per heavy atom. The molecule has 3 aromatic rings. The Balaban J connectivity index is 1.47. The molecule has 0 unspecified atom stereocenters. The minimum absolute atomic E-state index is 0.0479. The number of thioether (sulfide) groups is 1. The highest BCUT2D eigenvalue weighted by atomic mass is 32.2. The zero-order valence-corrected chi connectivity index (χ0v) is 24.6. The highest BCUT2D eigenvalue weighted by Gasteiger charge is 2.27. The summed E-state index contributed by atoms with van der Waals surface area (Å²) >= 11 is 1.25. The molecule has 0 amide bonds. The topological polar surface area (TPSA) is 151 Å². The Labute approximate surface area is 251 Å². The summed E-state index contributed by atoms with van der Waals surface area (Å²) < 4.78 is 49.8. The number of carbonyl (C=O) groups is 2. The van der Waals surface area contributed by atoms with E-state index in [0.717, 1.165) is 11.1 Å². The van der Waals surface area contributed by atoms with E-state index in [1.165, 1.54) is 22.5 Å². The van der Waals surface area contributed by atoms with Crippen molar-refractivity contribution in [3.05, 3.63) is 94.5 Å². The van der Waals surface area contributed by atoms with Gasteiger partial charge in [0.1, 0.15) is 24.6 Å². The lowest BCUT2D eigenvalue weighted by Gasteiger charge is -2.18. The van der Waals surface area contributed by atoms with Crippen molar-refractivity contribution in [2.75, 3.05) is 32.3 Å². The first-order valence-electron chi connectivity index (χ1n) is 12.6. The van der Waals surface area contributed by atoms with Crippen LogP contribution < -0.4 is 5.69 Å². The standard InChI is InChI=1S/C28H29N2O11PS/c1-2-17-43-25-13-14-30(26(31)29-25)15-16-35-22-42(34,40-20-38-27(32)36-18-23-9-5-3-6-10-23)41-21-39-28(33)37-19-24-11-7-4-8-12-24/h1,3-14H,15-22H2. The molecule has 13 nitrogen and oxygen atoms in total. The molecule has 0 aliphatic heterocycles. The van der Waals surface area contributed by atoms with Gasteiger partial charge in [0.05, 0.1) is 18.9 Å². The molecule has 0 N–H and O–H groups in total. The van der Waals surface area contributed by atoms with Gasteiger partial charge in [0.15, 0.2) is 0 Å². The summed E-state index contributed by atoms with van der Waals surface area (Å²) in [5.41, 5.74) is 0.940. The summed E-state index contributed by atoms with van der Waals surface area (Å²) in [6.45, 7) is -1.74. The van der Waals surface area contributed by atoms with E-state index in [2.05, 4.69) is 10.9 Å². The lowest BCUT2D eigenvalue weighted by atomic mass is 10.2. The largest absolute Gasteiger partial charge is 0.510 e. The highest BCUT2D eigenvalue weighted by Crippen LogP contribution is 2.48. The first kappa shape index (κ1) is 33.4. The van der Waals surface area contributed by atoms with Crippen LogP contribution >= 0.6 is 19.4 Å². The van der Waals surface area contributed by atoms with Gasteiger partial charge in [-0.1, -0.05) is 78.3 Å². The fourth-order valence-electron chi connectivity index (χ4n) is 3.06. The maximum absolute atomic E-state index is 13.2. The Hall–Kier alpha value is -4.12. The van der Waals surface area contributed by atoms with Crippen molar-refractivity contribution >= 4 is 31.7 Å². The van der Waals surface area contributed by atoms with Gasteiger partial charge in [-0.2, -0.15) is 4.98 Å². The maximum atomic E-state index is 13.2. The minimum atomic E-state index is -4.15. The molecule has 228 valence electrons. The Bertz CT molecular complexity index is 1380. The second kappa shape index (κ2) is 18.4. The summed E-state index contributed by atoms with van der Waals surface area (Å²) in [7, 11) is -4.15. The molecule has 0 aliphatic rings. The number of nitrogens with zero attached hydrogens (tertiary/aromatic N) is 2. The lowest BCUT2D eigenvalue weighted by molar-refractivity contribution is -0.0285. The second-order valence-electron chi connectivity index (χ2n) is 8.21. The van der Waals surface area contributed by atoms with Gasteiger partial charge in [-0.25, -0.2) is 14.4 Å². The van der Waals surface area contributed by atoms with Crippen LogP contribution in [-0.4, -0.2) is 54.2 Å². The van der Waals surface area contributed by atoms with E-state index >= 15 is 0 Å². The van der Waals surface area contributed by atoms with Crippen LogP contribution in [0.4, 0.5) is 9.59 Å². The van der Waals surface area contributed by atoms with Crippen LogP contribution in [0.2, 0.25) is 0 Å². The number of hydrogen-bond acceptors (Lipinski definition) is 13. The Morgan fingerprint density at radius 1 is 0.860 bits per heavy atom. The van der Waals surface area contributed by atoms with Crippen LogP contribution in [0, 0.1) is 12.3 Å². The van der Waals surface area contributed by atoms with Crippen LogP contribution in [-0.2, 0) is 57.1 Å². The van der Waals surface area contributed by atoms with E-state index in [0.29, 0.717) is 10.8 Å². The lowest BCUT2D eigenvalue weighted by Crippen LogP contribution is -2.24. The molecule has 1 heterocycles. The first-order chi connectivity index (χ1) is 20.9. The number of aromatic nitrogens is 2. The van der Waals surface area contributed by atoms with Crippen molar-refractivity contribution in [2.45, 2.75) is 24.8 Å². The summed E-state index contributed by atoms with van der Waals surface area (Å²) in [4.78, 5) is 39.9. The van der Waals surface area contributed by atoms with Crippen LogP contribution in [0.5, 0.6) is 0 Å².